The summed E-state index contributed by atoms with van der Waals surface area (Å²) in [6.45, 7) is 0. The third-order valence-electron chi connectivity index (χ3n) is 1.61. The van der Waals surface area contributed by atoms with Crippen LogP contribution in [-0.2, 0) is 7.05 Å². The molecule has 0 saturated heterocycles. The molecule has 0 N–H and O–H groups in total. The number of rotatable bonds is 2. The van der Waals surface area contributed by atoms with E-state index in [1.807, 2.05) is 0 Å². The smallest absolute Gasteiger partial charge is 0.232 e. The molecule has 0 spiro atoms. The Labute approximate surface area is 78.8 Å². The zero-order chi connectivity index (χ0) is 9.26. The number of carbonyl (C=O) groups excluding carboxylic acids is 1. The van der Waals surface area contributed by atoms with Crippen molar-refractivity contribution in [3.05, 3.63) is 34.5 Å². The number of carbonyl (C=O) groups is 1. The van der Waals surface area contributed by atoms with Gasteiger partial charge in [-0.05, 0) is 6.07 Å². The van der Waals surface area contributed by atoms with Crippen LogP contribution in [0.3, 0.4) is 0 Å². The molecule has 0 unspecified atom stereocenters. The number of thiazole rings is 1. The van der Waals surface area contributed by atoms with Gasteiger partial charge in [0.2, 0.25) is 5.78 Å². The first-order valence-corrected chi connectivity index (χ1v) is 4.64. The Morgan fingerprint density at radius 1 is 1.54 bits per heavy atom. The molecule has 2 heterocycles. The monoisotopic (exact) mass is 193 g/mol. The van der Waals surface area contributed by atoms with Crippen molar-refractivity contribution in [2.75, 3.05) is 0 Å². The molecule has 0 aliphatic heterocycles. The van der Waals surface area contributed by atoms with E-state index < -0.39 is 0 Å². The summed E-state index contributed by atoms with van der Waals surface area (Å²) in [6.07, 6.45) is 1.74. The lowest BCUT2D eigenvalue weighted by Crippen LogP contribution is -2.03. The Morgan fingerprint density at radius 2 is 2.38 bits per heavy atom. The summed E-state index contributed by atoms with van der Waals surface area (Å²) >= 11 is 1.40. The van der Waals surface area contributed by atoms with E-state index >= 15 is 0 Å². The summed E-state index contributed by atoms with van der Waals surface area (Å²) in [4.78, 5) is 15.5. The van der Waals surface area contributed by atoms with Crippen molar-refractivity contribution in [1.29, 1.82) is 0 Å². The standard InChI is InChI=1S/C8H7N3OS/c1-11-3-2-6(10-11)8(12)7-4-13-5-9-7/h2-5H,1H3. The second kappa shape index (κ2) is 3.10. The number of aryl methyl sites for hydroxylation is 1. The van der Waals surface area contributed by atoms with Crippen molar-refractivity contribution in [2.24, 2.45) is 7.05 Å². The molecule has 2 aromatic rings. The normalized spacial score (nSPS) is 10.2. The van der Waals surface area contributed by atoms with Crippen LogP contribution in [0.2, 0.25) is 0 Å². The lowest BCUT2D eigenvalue weighted by molar-refractivity contribution is 0.103. The van der Waals surface area contributed by atoms with Crippen LogP contribution in [-0.4, -0.2) is 20.5 Å². The Morgan fingerprint density at radius 3 is 2.92 bits per heavy atom. The first-order chi connectivity index (χ1) is 6.27. The van der Waals surface area contributed by atoms with Crippen LogP contribution in [0.5, 0.6) is 0 Å². The fraction of sp³-hybridized carbons (Fsp3) is 0.125. The van der Waals surface area contributed by atoms with E-state index in [2.05, 4.69) is 10.1 Å². The number of ketones is 1. The van der Waals surface area contributed by atoms with Gasteiger partial charge in [0.1, 0.15) is 11.4 Å². The average Bonchev–Trinajstić information content (AvgIpc) is 2.72. The van der Waals surface area contributed by atoms with Gasteiger partial charge < -0.3 is 0 Å². The second-order valence-corrected chi connectivity index (χ2v) is 3.30. The van der Waals surface area contributed by atoms with Crippen LogP contribution in [0.1, 0.15) is 16.2 Å². The molecule has 0 amide bonds. The van der Waals surface area contributed by atoms with Gasteiger partial charge in [-0.2, -0.15) is 5.10 Å². The molecule has 0 aliphatic carbocycles. The van der Waals surface area contributed by atoms with E-state index in [1.165, 1.54) is 11.3 Å². The quantitative estimate of drug-likeness (QED) is 0.671. The third-order valence-corrected chi connectivity index (χ3v) is 2.20. The van der Waals surface area contributed by atoms with Crippen LogP contribution in [0.25, 0.3) is 0 Å². The molecule has 13 heavy (non-hydrogen) atoms. The van der Waals surface area contributed by atoms with Crippen molar-refractivity contribution in [1.82, 2.24) is 14.8 Å². The van der Waals surface area contributed by atoms with Crippen molar-refractivity contribution < 1.29 is 4.79 Å². The number of hydrogen-bond acceptors (Lipinski definition) is 4. The van der Waals surface area contributed by atoms with Gasteiger partial charge in [0.15, 0.2) is 0 Å². The fourth-order valence-electron chi connectivity index (χ4n) is 0.992. The zero-order valence-corrected chi connectivity index (χ0v) is 7.78. The summed E-state index contributed by atoms with van der Waals surface area (Å²) in [6, 6.07) is 1.68. The molecule has 0 aromatic carbocycles. The molecule has 66 valence electrons. The lowest BCUT2D eigenvalue weighted by atomic mass is 10.2. The summed E-state index contributed by atoms with van der Waals surface area (Å²) in [5.41, 5.74) is 2.54. The molecule has 0 fully saturated rings. The van der Waals surface area contributed by atoms with Gasteiger partial charge in [-0.3, -0.25) is 9.48 Å². The molecular formula is C8H7N3OS. The Balaban J connectivity index is 2.33. The number of aromatic nitrogens is 3. The van der Waals surface area contributed by atoms with Gasteiger partial charge in [0, 0.05) is 18.6 Å². The number of nitrogens with zero attached hydrogens (tertiary/aromatic N) is 3. The molecule has 2 aromatic heterocycles. The first-order valence-electron chi connectivity index (χ1n) is 3.70. The highest BCUT2D eigenvalue weighted by Crippen LogP contribution is 2.07. The van der Waals surface area contributed by atoms with Gasteiger partial charge in [-0.15, -0.1) is 11.3 Å². The maximum Gasteiger partial charge on any atom is 0.232 e. The van der Waals surface area contributed by atoms with Crippen molar-refractivity contribution in [2.45, 2.75) is 0 Å². The van der Waals surface area contributed by atoms with Gasteiger partial charge in [0.25, 0.3) is 0 Å². The van der Waals surface area contributed by atoms with Gasteiger partial charge in [-0.25, -0.2) is 4.98 Å². The third kappa shape index (κ3) is 1.50. The largest absolute Gasteiger partial charge is 0.285 e. The van der Waals surface area contributed by atoms with Crippen molar-refractivity contribution in [3.63, 3.8) is 0 Å². The summed E-state index contributed by atoms with van der Waals surface area (Å²) in [7, 11) is 1.78. The Kier molecular flexibility index (Phi) is 1.94. The van der Waals surface area contributed by atoms with Crippen LogP contribution in [0.15, 0.2) is 23.2 Å². The van der Waals surface area contributed by atoms with Crippen molar-refractivity contribution >= 4 is 17.1 Å². The fourth-order valence-corrected chi connectivity index (χ4v) is 1.52. The van der Waals surface area contributed by atoms with E-state index in [9.17, 15) is 4.79 Å². The summed E-state index contributed by atoms with van der Waals surface area (Å²) in [5.74, 6) is -0.123. The van der Waals surface area contributed by atoms with Crippen LogP contribution < -0.4 is 0 Å². The highest BCUT2D eigenvalue weighted by Gasteiger charge is 2.12. The number of hydrogen-bond donors (Lipinski definition) is 0. The summed E-state index contributed by atoms with van der Waals surface area (Å²) < 4.78 is 1.60. The average molecular weight is 193 g/mol. The first kappa shape index (κ1) is 8.12. The van der Waals surface area contributed by atoms with E-state index in [4.69, 9.17) is 0 Å². The lowest BCUT2D eigenvalue weighted by Gasteiger charge is -1.89. The van der Waals surface area contributed by atoms with Crippen LogP contribution in [0, 0.1) is 0 Å². The van der Waals surface area contributed by atoms with E-state index in [0.29, 0.717) is 11.4 Å². The topological polar surface area (TPSA) is 47.8 Å². The van der Waals surface area contributed by atoms with Gasteiger partial charge in [0.05, 0.1) is 5.51 Å². The van der Waals surface area contributed by atoms with E-state index in [1.54, 1.807) is 34.9 Å². The molecule has 5 heteroatoms. The molecule has 0 aliphatic rings. The Bertz CT molecular complexity index is 418. The predicted octanol–water partition coefficient (Wildman–Crippen LogP) is 1.11. The Hall–Kier alpha value is -1.49. The molecule has 0 atom stereocenters. The minimum Gasteiger partial charge on any atom is -0.285 e. The van der Waals surface area contributed by atoms with E-state index in [-0.39, 0.29) is 5.78 Å². The van der Waals surface area contributed by atoms with Gasteiger partial charge >= 0.3 is 0 Å². The van der Waals surface area contributed by atoms with Crippen LogP contribution >= 0.6 is 11.3 Å². The molecule has 0 bridgehead atoms. The molecular weight excluding hydrogens is 186 g/mol. The zero-order valence-electron chi connectivity index (χ0n) is 6.97. The van der Waals surface area contributed by atoms with Gasteiger partial charge in [-0.1, -0.05) is 0 Å². The second-order valence-electron chi connectivity index (χ2n) is 2.58. The highest BCUT2D eigenvalue weighted by molar-refractivity contribution is 7.07. The SMILES string of the molecule is Cn1ccc(C(=O)c2cscn2)n1. The summed E-state index contributed by atoms with van der Waals surface area (Å²) in [5, 5.41) is 5.72. The molecule has 4 nitrogen and oxygen atoms in total. The molecule has 0 saturated carbocycles. The van der Waals surface area contributed by atoms with E-state index in [0.717, 1.165) is 0 Å². The minimum absolute atomic E-state index is 0.123. The maximum absolute atomic E-state index is 11.6. The highest BCUT2D eigenvalue weighted by atomic mass is 32.1. The predicted molar refractivity (Wildman–Crippen MR) is 48.8 cm³/mol. The maximum atomic E-state index is 11.6. The molecule has 0 radical (unpaired) electrons. The van der Waals surface area contributed by atoms with Crippen molar-refractivity contribution in [3.8, 4) is 0 Å². The van der Waals surface area contributed by atoms with Crippen LogP contribution in [0.4, 0.5) is 0 Å². The molecule has 2 rings (SSSR count). The minimum atomic E-state index is -0.123.